The van der Waals surface area contributed by atoms with Crippen LogP contribution in [0.5, 0.6) is 0 Å². The fourth-order valence-corrected chi connectivity index (χ4v) is 3.06. The van der Waals surface area contributed by atoms with E-state index in [1.165, 1.54) is 5.56 Å². The largest absolute Gasteiger partial charge is 0.345 e. The van der Waals surface area contributed by atoms with Crippen molar-refractivity contribution in [3.8, 4) is 0 Å². The van der Waals surface area contributed by atoms with Gasteiger partial charge in [-0.1, -0.05) is 0 Å². The van der Waals surface area contributed by atoms with Crippen LogP contribution in [0.3, 0.4) is 0 Å². The number of aromatic nitrogens is 3. The van der Waals surface area contributed by atoms with Crippen LogP contribution < -0.4 is 9.80 Å². The summed E-state index contributed by atoms with van der Waals surface area (Å²) < 4.78 is 0. The van der Waals surface area contributed by atoms with Gasteiger partial charge in [0.1, 0.15) is 0 Å². The van der Waals surface area contributed by atoms with Gasteiger partial charge >= 0.3 is 0 Å². The Bertz CT molecular complexity index is 565. The highest BCUT2D eigenvalue weighted by Gasteiger charge is 2.21. The minimum atomic E-state index is 0.865. The molecule has 0 saturated carbocycles. The number of rotatable bonds is 2. The van der Waals surface area contributed by atoms with Gasteiger partial charge in [0.15, 0.2) is 5.13 Å². The van der Waals surface area contributed by atoms with Crippen molar-refractivity contribution in [2.45, 2.75) is 20.8 Å². The van der Waals surface area contributed by atoms with Crippen LogP contribution in [0.1, 0.15) is 17.0 Å². The molecule has 6 heteroatoms. The van der Waals surface area contributed by atoms with E-state index >= 15 is 0 Å². The number of aryl methyl sites for hydroxylation is 2. The summed E-state index contributed by atoms with van der Waals surface area (Å²) in [4.78, 5) is 18.2. The third-order valence-corrected chi connectivity index (χ3v) is 4.71. The van der Waals surface area contributed by atoms with Gasteiger partial charge in [0.05, 0.1) is 0 Å². The SMILES string of the molecule is Cc1nc(N2CCN(c3nccs3)CC2)nc(C)c1C. The first-order valence-electron chi connectivity index (χ1n) is 6.86. The summed E-state index contributed by atoms with van der Waals surface area (Å²) in [6.07, 6.45) is 1.86. The maximum absolute atomic E-state index is 4.63. The first-order chi connectivity index (χ1) is 9.65. The summed E-state index contributed by atoms with van der Waals surface area (Å²) in [6, 6.07) is 0. The summed E-state index contributed by atoms with van der Waals surface area (Å²) in [5.74, 6) is 0.865. The smallest absolute Gasteiger partial charge is 0.225 e. The molecule has 3 rings (SSSR count). The van der Waals surface area contributed by atoms with Gasteiger partial charge in [-0.25, -0.2) is 15.0 Å². The predicted molar refractivity (Wildman–Crippen MR) is 82.8 cm³/mol. The molecule has 2 aromatic rings. The molecule has 1 saturated heterocycles. The molecule has 20 heavy (non-hydrogen) atoms. The van der Waals surface area contributed by atoms with Gasteiger partial charge in [-0.3, -0.25) is 0 Å². The second-order valence-electron chi connectivity index (χ2n) is 5.11. The zero-order chi connectivity index (χ0) is 14.1. The van der Waals surface area contributed by atoms with Crippen LogP contribution in [0.4, 0.5) is 11.1 Å². The van der Waals surface area contributed by atoms with Gasteiger partial charge in [-0.2, -0.15) is 0 Å². The van der Waals surface area contributed by atoms with Crippen molar-refractivity contribution in [3.63, 3.8) is 0 Å². The number of nitrogens with zero attached hydrogens (tertiary/aromatic N) is 5. The van der Waals surface area contributed by atoms with E-state index in [2.05, 4.69) is 45.5 Å². The first kappa shape index (κ1) is 13.3. The molecule has 0 aliphatic carbocycles. The van der Waals surface area contributed by atoms with E-state index < -0.39 is 0 Å². The molecule has 0 bridgehead atoms. The highest BCUT2D eigenvalue weighted by atomic mass is 32.1. The molecular formula is C14H19N5S. The Morgan fingerprint density at radius 3 is 2.10 bits per heavy atom. The molecule has 0 radical (unpaired) electrons. The average molecular weight is 289 g/mol. The summed E-state index contributed by atoms with van der Waals surface area (Å²) in [6.45, 7) is 10.0. The molecule has 5 nitrogen and oxygen atoms in total. The number of thiazole rings is 1. The summed E-state index contributed by atoms with van der Waals surface area (Å²) in [7, 11) is 0. The van der Waals surface area contributed by atoms with Gasteiger partial charge in [-0.05, 0) is 26.3 Å². The quantitative estimate of drug-likeness (QED) is 0.848. The van der Waals surface area contributed by atoms with E-state index in [0.717, 1.165) is 48.6 Å². The van der Waals surface area contributed by atoms with Crippen molar-refractivity contribution in [1.82, 2.24) is 15.0 Å². The van der Waals surface area contributed by atoms with Crippen LogP contribution in [-0.2, 0) is 0 Å². The van der Waals surface area contributed by atoms with Crippen LogP contribution in [0.2, 0.25) is 0 Å². The Kier molecular flexibility index (Phi) is 3.56. The maximum atomic E-state index is 4.63. The molecule has 3 heterocycles. The average Bonchev–Trinajstić information content (AvgIpc) is 2.98. The van der Waals surface area contributed by atoms with Crippen molar-refractivity contribution < 1.29 is 0 Å². The first-order valence-corrected chi connectivity index (χ1v) is 7.74. The molecule has 1 aliphatic heterocycles. The predicted octanol–water partition coefficient (Wildman–Crippen LogP) is 2.18. The van der Waals surface area contributed by atoms with Gasteiger partial charge < -0.3 is 9.80 Å². The highest BCUT2D eigenvalue weighted by molar-refractivity contribution is 7.13. The summed E-state index contributed by atoms with van der Waals surface area (Å²) in [5.41, 5.74) is 3.35. The lowest BCUT2D eigenvalue weighted by atomic mass is 10.2. The van der Waals surface area contributed by atoms with Crippen LogP contribution >= 0.6 is 11.3 Å². The zero-order valence-corrected chi connectivity index (χ0v) is 12.9. The Balaban J connectivity index is 1.72. The van der Waals surface area contributed by atoms with Crippen LogP contribution in [0.25, 0.3) is 0 Å². The van der Waals surface area contributed by atoms with E-state index in [-0.39, 0.29) is 0 Å². The fraction of sp³-hybridized carbons (Fsp3) is 0.500. The molecule has 0 spiro atoms. The summed E-state index contributed by atoms with van der Waals surface area (Å²) in [5, 5.41) is 3.14. The Morgan fingerprint density at radius 2 is 1.55 bits per heavy atom. The van der Waals surface area contributed by atoms with E-state index in [9.17, 15) is 0 Å². The minimum Gasteiger partial charge on any atom is -0.345 e. The lowest BCUT2D eigenvalue weighted by Gasteiger charge is -2.34. The van der Waals surface area contributed by atoms with Crippen molar-refractivity contribution in [2.24, 2.45) is 0 Å². The second-order valence-corrected chi connectivity index (χ2v) is 5.98. The Labute approximate surface area is 123 Å². The number of anilines is 2. The summed E-state index contributed by atoms with van der Waals surface area (Å²) >= 11 is 1.70. The van der Waals surface area contributed by atoms with Crippen LogP contribution in [0, 0.1) is 20.8 Å². The van der Waals surface area contributed by atoms with Gasteiger partial charge in [-0.15, -0.1) is 11.3 Å². The fourth-order valence-electron chi connectivity index (χ4n) is 2.37. The molecule has 106 valence electrons. The van der Waals surface area contributed by atoms with Gasteiger partial charge in [0.25, 0.3) is 0 Å². The zero-order valence-electron chi connectivity index (χ0n) is 12.1. The number of hydrogen-bond donors (Lipinski definition) is 0. The Morgan fingerprint density at radius 1 is 0.950 bits per heavy atom. The molecule has 2 aromatic heterocycles. The monoisotopic (exact) mass is 289 g/mol. The van der Waals surface area contributed by atoms with Gasteiger partial charge in [0.2, 0.25) is 5.95 Å². The highest BCUT2D eigenvalue weighted by Crippen LogP contribution is 2.21. The van der Waals surface area contributed by atoms with Crippen molar-refractivity contribution in [3.05, 3.63) is 28.5 Å². The molecule has 0 atom stereocenters. The maximum Gasteiger partial charge on any atom is 0.225 e. The van der Waals surface area contributed by atoms with E-state index in [1.54, 1.807) is 11.3 Å². The van der Waals surface area contributed by atoms with Crippen molar-refractivity contribution in [2.75, 3.05) is 36.0 Å². The number of hydrogen-bond acceptors (Lipinski definition) is 6. The number of piperazine rings is 1. The minimum absolute atomic E-state index is 0.865. The topological polar surface area (TPSA) is 45.2 Å². The second kappa shape index (κ2) is 5.36. The normalized spacial score (nSPS) is 15.8. The molecule has 1 fully saturated rings. The standard InChI is InChI=1S/C14H19N5S/c1-10-11(2)16-13(17-12(10)3)18-5-7-19(8-6-18)14-15-4-9-20-14/h4,9H,5-8H2,1-3H3. The van der Waals surface area contributed by atoms with E-state index in [4.69, 9.17) is 0 Å². The molecule has 0 aromatic carbocycles. The lowest BCUT2D eigenvalue weighted by molar-refractivity contribution is 0.636. The van der Waals surface area contributed by atoms with Crippen LogP contribution in [-0.4, -0.2) is 41.1 Å². The van der Waals surface area contributed by atoms with E-state index in [1.807, 2.05) is 11.6 Å². The molecular weight excluding hydrogens is 270 g/mol. The molecule has 1 aliphatic rings. The van der Waals surface area contributed by atoms with Crippen LogP contribution in [0.15, 0.2) is 11.6 Å². The lowest BCUT2D eigenvalue weighted by Crippen LogP contribution is -2.47. The van der Waals surface area contributed by atoms with Crippen molar-refractivity contribution in [1.29, 1.82) is 0 Å². The third kappa shape index (κ3) is 2.47. The molecule has 0 amide bonds. The van der Waals surface area contributed by atoms with Crippen molar-refractivity contribution >= 4 is 22.4 Å². The Hall–Kier alpha value is -1.69. The third-order valence-electron chi connectivity index (χ3n) is 3.87. The molecule has 0 unspecified atom stereocenters. The molecule has 0 N–H and O–H groups in total. The van der Waals surface area contributed by atoms with Gasteiger partial charge in [0, 0.05) is 49.1 Å². The van der Waals surface area contributed by atoms with E-state index in [0.29, 0.717) is 0 Å².